The first kappa shape index (κ1) is 19.1. The molecule has 128 valence electrons. The van der Waals surface area contributed by atoms with Crippen LogP contribution in [0.5, 0.6) is 0 Å². The maximum atomic E-state index is 11.8. The standard InChI is InChI=1S/C15H22N2O5S/c1-3-17-23(21,22)13-6-4-12(5-7-13)9-14(18)16-10-11(2)8-15(19)20/h4-7,11,17H,3,8-10H2,1-2H3,(H,16,18)(H,19,20). The average Bonchev–Trinajstić information content (AvgIpc) is 2.45. The van der Waals surface area contributed by atoms with Gasteiger partial charge in [0.05, 0.1) is 11.3 Å². The zero-order valence-electron chi connectivity index (χ0n) is 13.2. The molecule has 0 aromatic heterocycles. The summed E-state index contributed by atoms with van der Waals surface area (Å²) in [7, 11) is -3.49. The van der Waals surface area contributed by atoms with Crippen LogP contribution in [0.4, 0.5) is 0 Å². The van der Waals surface area contributed by atoms with Crippen LogP contribution in [0.1, 0.15) is 25.8 Å². The van der Waals surface area contributed by atoms with Crippen molar-refractivity contribution in [2.24, 2.45) is 5.92 Å². The second-order valence-corrected chi connectivity index (χ2v) is 7.10. The number of hydrogen-bond acceptors (Lipinski definition) is 4. The van der Waals surface area contributed by atoms with E-state index in [9.17, 15) is 18.0 Å². The van der Waals surface area contributed by atoms with Gasteiger partial charge in [-0.1, -0.05) is 26.0 Å². The fourth-order valence-corrected chi connectivity index (χ4v) is 3.01. The molecule has 3 N–H and O–H groups in total. The Morgan fingerprint density at radius 2 is 1.83 bits per heavy atom. The highest BCUT2D eigenvalue weighted by Gasteiger charge is 2.13. The normalized spacial score (nSPS) is 12.6. The second kappa shape index (κ2) is 8.64. The van der Waals surface area contributed by atoms with Gasteiger partial charge < -0.3 is 10.4 Å². The number of sulfonamides is 1. The van der Waals surface area contributed by atoms with Gasteiger partial charge in [-0.15, -0.1) is 0 Å². The molecule has 0 fully saturated rings. The highest BCUT2D eigenvalue weighted by Crippen LogP contribution is 2.11. The van der Waals surface area contributed by atoms with Gasteiger partial charge in [-0.2, -0.15) is 0 Å². The zero-order valence-corrected chi connectivity index (χ0v) is 14.0. The molecular weight excluding hydrogens is 320 g/mol. The highest BCUT2D eigenvalue weighted by atomic mass is 32.2. The van der Waals surface area contributed by atoms with Gasteiger partial charge in [0.15, 0.2) is 0 Å². The molecule has 23 heavy (non-hydrogen) atoms. The van der Waals surface area contributed by atoms with E-state index >= 15 is 0 Å². The largest absolute Gasteiger partial charge is 0.481 e. The first-order valence-corrected chi connectivity index (χ1v) is 8.80. The lowest BCUT2D eigenvalue weighted by Gasteiger charge is -2.10. The average molecular weight is 342 g/mol. The van der Waals surface area contributed by atoms with E-state index in [1.165, 1.54) is 12.1 Å². The molecule has 1 aromatic carbocycles. The van der Waals surface area contributed by atoms with E-state index in [4.69, 9.17) is 5.11 Å². The van der Waals surface area contributed by atoms with Gasteiger partial charge in [0.25, 0.3) is 0 Å². The third-order valence-corrected chi connectivity index (χ3v) is 4.66. The van der Waals surface area contributed by atoms with Crippen molar-refractivity contribution in [3.8, 4) is 0 Å². The third-order valence-electron chi connectivity index (χ3n) is 3.10. The van der Waals surface area contributed by atoms with Gasteiger partial charge in [-0.05, 0) is 23.6 Å². The molecule has 0 aliphatic carbocycles. The van der Waals surface area contributed by atoms with E-state index in [1.807, 2.05) is 0 Å². The molecule has 8 heteroatoms. The summed E-state index contributed by atoms with van der Waals surface area (Å²) >= 11 is 0. The van der Waals surface area contributed by atoms with Gasteiger partial charge in [0, 0.05) is 19.5 Å². The number of aliphatic carboxylic acids is 1. The molecule has 1 amide bonds. The summed E-state index contributed by atoms with van der Waals surface area (Å²) in [6, 6.07) is 6.08. The first-order chi connectivity index (χ1) is 10.7. The fourth-order valence-electron chi connectivity index (χ4n) is 1.97. The van der Waals surface area contributed by atoms with Gasteiger partial charge in [0.1, 0.15) is 0 Å². The van der Waals surface area contributed by atoms with E-state index in [0.717, 1.165) is 0 Å². The monoisotopic (exact) mass is 342 g/mol. The van der Waals surface area contributed by atoms with Crippen LogP contribution >= 0.6 is 0 Å². The second-order valence-electron chi connectivity index (χ2n) is 5.33. The Hall–Kier alpha value is -1.93. The van der Waals surface area contributed by atoms with Gasteiger partial charge in [-0.3, -0.25) is 9.59 Å². The van der Waals surface area contributed by atoms with E-state index < -0.39 is 16.0 Å². The lowest BCUT2D eigenvalue weighted by atomic mass is 10.1. The Morgan fingerprint density at radius 1 is 1.22 bits per heavy atom. The molecule has 1 rings (SSSR count). The summed E-state index contributed by atoms with van der Waals surface area (Å²) in [4.78, 5) is 22.5. The maximum Gasteiger partial charge on any atom is 0.303 e. The van der Waals surface area contributed by atoms with Crippen molar-refractivity contribution < 1.29 is 23.1 Å². The number of nitrogens with one attached hydrogen (secondary N) is 2. The summed E-state index contributed by atoms with van der Waals surface area (Å²) in [6.07, 6.45) is 0.110. The number of hydrogen-bond donors (Lipinski definition) is 3. The molecule has 7 nitrogen and oxygen atoms in total. The van der Waals surface area contributed by atoms with E-state index in [1.54, 1.807) is 26.0 Å². The minimum Gasteiger partial charge on any atom is -0.481 e. The van der Waals surface area contributed by atoms with E-state index in [-0.39, 0.29) is 36.1 Å². The van der Waals surface area contributed by atoms with Crippen LogP contribution in [-0.4, -0.2) is 38.5 Å². The topological polar surface area (TPSA) is 113 Å². The van der Waals surface area contributed by atoms with Crippen LogP contribution in [-0.2, 0) is 26.0 Å². The quantitative estimate of drug-likeness (QED) is 0.613. The van der Waals surface area contributed by atoms with Crippen molar-refractivity contribution in [1.29, 1.82) is 0 Å². The molecule has 0 radical (unpaired) electrons. The lowest BCUT2D eigenvalue weighted by Crippen LogP contribution is -2.30. The van der Waals surface area contributed by atoms with Crippen molar-refractivity contribution in [2.75, 3.05) is 13.1 Å². The number of carbonyl (C=O) groups excluding carboxylic acids is 1. The van der Waals surface area contributed by atoms with Crippen LogP contribution in [0.2, 0.25) is 0 Å². The van der Waals surface area contributed by atoms with Crippen molar-refractivity contribution in [2.45, 2.75) is 31.6 Å². The SMILES string of the molecule is CCNS(=O)(=O)c1ccc(CC(=O)NCC(C)CC(=O)O)cc1. The zero-order chi connectivity index (χ0) is 17.5. The van der Waals surface area contributed by atoms with Gasteiger partial charge in [0.2, 0.25) is 15.9 Å². The van der Waals surface area contributed by atoms with E-state index in [0.29, 0.717) is 12.1 Å². The molecule has 0 saturated carbocycles. The van der Waals surface area contributed by atoms with Gasteiger partial charge >= 0.3 is 5.97 Å². The third kappa shape index (κ3) is 6.79. The van der Waals surface area contributed by atoms with Gasteiger partial charge in [-0.25, -0.2) is 13.1 Å². The number of amides is 1. The maximum absolute atomic E-state index is 11.8. The molecule has 1 unspecified atom stereocenters. The fraction of sp³-hybridized carbons (Fsp3) is 0.467. The van der Waals surface area contributed by atoms with Crippen LogP contribution < -0.4 is 10.0 Å². The number of carbonyl (C=O) groups is 2. The minimum absolute atomic E-state index is 0.00271. The van der Waals surface area contributed by atoms with Crippen molar-refractivity contribution in [1.82, 2.24) is 10.0 Å². The molecule has 0 bridgehead atoms. The molecule has 0 spiro atoms. The predicted octanol–water partition coefficient (Wildman–Crippen LogP) is 0.754. The number of carboxylic acid groups (broad SMARTS) is 1. The number of rotatable bonds is 9. The lowest BCUT2D eigenvalue weighted by molar-refractivity contribution is -0.138. The molecule has 0 saturated heterocycles. The Kier molecular flexibility index (Phi) is 7.18. The Morgan fingerprint density at radius 3 is 2.35 bits per heavy atom. The van der Waals surface area contributed by atoms with Crippen LogP contribution in [0.15, 0.2) is 29.2 Å². The molecule has 0 aliphatic rings. The molecule has 0 heterocycles. The summed E-state index contributed by atoms with van der Waals surface area (Å²) in [5, 5.41) is 11.3. The summed E-state index contributed by atoms with van der Waals surface area (Å²) in [5.41, 5.74) is 0.684. The van der Waals surface area contributed by atoms with Crippen molar-refractivity contribution in [3.05, 3.63) is 29.8 Å². The van der Waals surface area contributed by atoms with E-state index in [2.05, 4.69) is 10.0 Å². The van der Waals surface area contributed by atoms with Crippen LogP contribution in [0, 0.1) is 5.92 Å². The van der Waals surface area contributed by atoms with Crippen LogP contribution in [0.3, 0.4) is 0 Å². The Labute approximate surface area is 136 Å². The molecular formula is C15H22N2O5S. The molecule has 1 aromatic rings. The predicted molar refractivity (Wildman–Crippen MR) is 85.4 cm³/mol. The van der Waals surface area contributed by atoms with Crippen molar-refractivity contribution in [3.63, 3.8) is 0 Å². The Bertz CT molecular complexity index is 640. The highest BCUT2D eigenvalue weighted by molar-refractivity contribution is 7.89. The number of carboxylic acids is 1. The molecule has 0 aliphatic heterocycles. The molecule has 1 atom stereocenters. The number of benzene rings is 1. The first-order valence-electron chi connectivity index (χ1n) is 7.31. The summed E-state index contributed by atoms with van der Waals surface area (Å²) < 4.78 is 26.0. The summed E-state index contributed by atoms with van der Waals surface area (Å²) in [6.45, 7) is 4.04. The summed E-state index contributed by atoms with van der Waals surface area (Å²) in [5.74, 6) is -1.28. The van der Waals surface area contributed by atoms with Crippen molar-refractivity contribution >= 4 is 21.9 Å². The Balaban J connectivity index is 2.55. The smallest absolute Gasteiger partial charge is 0.303 e. The van der Waals surface area contributed by atoms with Crippen LogP contribution in [0.25, 0.3) is 0 Å². The minimum atomic E-state index is -3.49.